The molecular formula is C66H97N19O23S. The lowest BCUT2D eigenvalue weighted by atomic mass is 10.0. The van der Waals surface area contributed by atoms with E-state index < -0.39 is 237 Å². The first-order chi connectivity index (χ1) is 51.5. The number of amides is 16. The van der Waals surface area contributed by atoms with E-state index in [1.807, 2.05) is 0 Å². The summed E-state index contributed by atoms with van der Waals surface area (Å²) < 4.78 is 0. The molecule has 0 aromatic heterocycles. The van der Waals surface area contributed by atoms with Crippen LogP contribution in [0, 0.1) is 5.92 Å². The molecule has 2 aromatic carbocycles. The normalized spacial score (nSPS) is 26.1. The first-order valence-corrected chi connectivity index (χ1v) is 35.4. The van der Waals surface area contributed by atoms with E-state index >= 15 is 0 Å². The van der Waals surface area contributed by atoms with Crippen molar-refractivity contribution in [2.45, 2.75) is 170 Å². The zero-order chi connectivity index (χ0) is 81.4. The molecule has 14 atom stereocenters. The highest BCUT2D eigenvalue weighted by atomic mass is 32.2. The molecule has 2 aliphatic heterocycles. The van der Waals surface area contributed by atoms with Crippen molar-refractivity contribution in [3.05, 3.63) is 60.2 Å². The van der Waals surface area contributed by atoms with E-state index in [-0.39, 0.29) is 62.7 Å². The van der Waals surface area contributed by atoms with Crippen LogP contribution in [-0.2, 0) is 87.9 Å². The van der Waals surface area contributed by atoms with Gasteiger partial charge in [-0.15, -0.1) is 11.8 Å². The third-order valence-electron chi connectivity index (χ3n) is 16.6. The monoisotopic (exact) mass is 1560 g/mol. The van der Waals surface area contributed by atoms with Crippen LogP contribution < -0.4 is 91.2 Å². The SMILES string of the molecule is CC(C)[C@@H]1NC(=O)[C@H](C)NC(=O)[C@H](Cc2ccc(O)cc2)NC(=O)[C@H](CSc2ccccc2)NC(=O)CNC(=O)[C@H](CO)NC(=O)[C@H](CO)NC(=O)[C@H](C)NC(=O)[C@H](C)NC(=O)[C@@H]2CCCN2C(=O)[C@H](CO)NC(=O)[C@H](CC(=O)O)NC(=O)CNC(=O)[C@H](CCCN=C(N)N)NC(=O)CNC(=O)[C@H]([C@@H](C)O)NC1=O. The van der Waals surface area contributed by atoms with E-state index in [2.05, 4.69) is 84.7 Å². The zero-order valence-electron chi connectivity index (χ0n) is 60.5. The Morgan fingerprint density at radius 1 is 0.514 bits per heavy atom. The average Bonchev–Trinajstić information content (AvgIpc) is 1.76. The molecule has 2 heterocycles. The van der Waals surface area contributed by atoms with Crippen LogP contribution in [0.2, 0.25) is 0 Å². The minimum absolute atomic E-state index is 0.00334. The molecule has 42 nitrogen and oxygen atoms in total. The van der Waals surface area contributed by atoms with Gasteiger partial charge in [0.15, 0.2) is 5.96 Å². The van der Waals surface area contributed by atoms with Crippen LogP contribution in [0.1, 0.15) is 79.2 Å². The third-order valence-corrected chi connectivity index (χ3v) is 17.7. The number of thioether (sulfide) groups is 1. The molecule has 2 fully saturated rings. The molecule has 0 saturated carbocycles. The number of aromatic hydroxyl groups is 1. The Kier molecular flexibility index (Phi) is 37.0. The number of aliphatic hydroxyl groups excluding tert-OH is 4. The van der Waals surface area contributed by atoms with Gasteiger partial charge in [-0.2, -0.15) is 0 Å². The Bertz CT molecular complexity index is 3610. The van der Waals surface area contributed by atoms with E-state index in [1.54, 1.807) is 30.3 Å². The van der Waals surface area contributed by atoms with Crippen LogP contribution in [0.15, 0.2) is 64.5 Å². The van der Waals surface area contributed by atoms with Crippen LogP contribution in [0.25, 0.3) is 0 Å². The number of hydrogen-bond acceptors (Lipinski definition) is 24. The number of aliphatic carboxylic acids is 1. The quantitative estimate of drug-likeness (QED) is 0.0321. The molecule has 0 spiro atoms. The minimum atomic E-state index is -1.99. The zero-order valence-corrected chi connectivity index (χ0v) is 61.4. The van der Waals surface area contributed by atoms with E-state index in [0.717, 1.165) is 30.5 Å². The topological polar surface area (TPSA) is 660 Å². The third kappa shape index (κ3) is 30.1. The Morgan fingerprint density at radius 2 is 0.963 bits per heavy atom. The molecule has 2 aliphatic rings. The van der Waals surface area contributed by atoms with E-state index in [9.17, 15) is 112 Å². The van der Waals surface area contributed by atoms with Crippen LogP contribution in [0.4, 0.5) is 0 Å². The molecule has 2 aromatic rings. The summed E-state index contributed by atoms with van der Waals surface area (Å²) >= 11 is 1.09. The molecule has 43 heteroatoms. The maximum Gasteiger partial charge on any atom is 0.305 e. The maximum absolute atomic E-state index is 14.4. The van der Waals surface area contributed by atoms with Crippen molar-refractivity contribution >= 4 is 118 Å². The van der Waals surface area contributed by atoms with Gasteiger partial charge in [-0.1, -0.05) is 44.2 Å². The van der Waals surface area contributed by atoms with Crippen LogP contribution in [0.3, 0.4) is 0 Å². The Morgan fingerprint density at radius 3 is 1.51 bits per heavy atom. The van der Waals surface area contributed by atoms with Crippen molar-refractivity contribution in [2.24, 2.45) is 22.4 Å². The summed E-state index contributed by atoms with van der Waals surface area (Å²) in [6.07, 6.45) is -3.20. The average molecular weight is 1560 g/mol. The number of aliphatic hydroxyl groups is 4. The number of phenolic OH excluding ortho intramolecular Hbond substituents is 1. The highest BCUT2D eigenvalue weighted by molar-refractivity contribution is 7.99. The summed E-state index contributed by atoms with van der Waals surface area (Å²) in [5.41, 5.74) is 11.2. The summed E-state index contributed by atoms with van der Waals surface area (Å²) in [5.74, 6) is -20.5. The highest BCUT2D eigenvalue weighted by Gasteiger charge is 2.41. The van der Waals surface area contributed by atoms with Gasteiger partial charge in [-0.3, -0.25) is 86.5 Å². The number of nitrogens with zero attached hydrogens (tertiary/aromatic N) is 2. The summed E-state index contributed by atoms with van der Waals surface area (Å²) in [6, 6.07) is -7.44. The number of carbonyl (C=O) groups is 17. The molecule has 600 valence electrons. The predicted molar refractivity (Wildman–Crippen MR) is 383 cm³/mol. The number of carboxylic acid groups (broad SMARTS) is 1. The Balaban J connectivity index is 1.67. The Hall–Kier alpha value is -11.3. The second kappa shape index (κ2) is 44.7. The maximum atomic E-state index is 14.4. The number of carbonyl (C=O) groups excluding carboxylic acids is 16. The number of phenols is 1. The predicted octanol–water partition coefficient (Wildman–Crippen LogP) is -10.5. The van der Waals surface area contributed by atoms with Crippen molar-refractivity contribution in [3.63, 3.8) is 0 Å². The van der Waals surface area contributed by atoms with Gasteiger partial charge in [0.25, 0.3) is 0 Å². The largest absolute Gasteiger partial charge is 0.508 e. The second-order valence-corrected chi connectivity index (χ2v) is 26.8. The number of nitrogens with one attached hydrogen (secondary N) is 15. The fourth-order valence-corrected chi connectivity index (χ4v) is 11.5. The molecule has 2 saturated heterocycles. The number of rotatable bonds is 16. The lowest BCUT2D eigenvalue weighted by Gasteiger charge is -2.29. The summed E-state index contributed by atoms with van der Waals surface area (Å²) in [5, 5.41) is 95.8. The van der Waals surface area contributed by atoms with Gasteiger partial charge in [0.05, 0.1) is 52.0 Å². The number of aliphatic imine (C=N–C) groups is 1. The first kappa shape index (κ1) is 90.1. The number of benzene rings is 2. The highest BCUT2D eigenvalue weighted by Crippen LogP contribution is 2.21. The standard InChI is InChI=1S/C66H97N19O23S/c1-31(2)51-64(107)84-52(35(6)89)63(106)72-26-47(91)76-39(14-10-20-69-66(67)68)56(99)70-24-48(92)77-41(23-50(94)95)59(102)82-44(29-88)65(108)85-21-11-15-46(85)62(105)75-32(3)53(96)73-33(4)54(97)80-43(28-87)60(103)81-42(27-86)57(100)71-25-49(93)78-45(30-109-38-12-8-7-9-13-38)61(104)79-40(22-36-16-18-37(90)19-17-36)58(101)74-34(5)55(98)83-51/h7-9,12-13,16-19,31-35,39-46,51-52,86-90H,10-11,14-15,20-30H2,1-6H3,(H,70,99)(H,71,100)(H,72,106)(H,73,96)(H,74,101)(H,75,105)(H,76,91)(H,77,92)(H,78,93)(H,79,104)(H,80,97)(H,81,103)(H,82,102)(H,83,98)(H,84,107)(H,94,95)(H4,67,68,69)/t32-,33-,34-,35+,39-,40-,41-,42-,43-,44-,45-,46-,51-,52-/m0/s1. The molecular weight excluding hydrogens is 1460 g/mol. The molecule has 25 N–H and O–H groups in total. The number of nitrogens with two attached hydrogens (primary N) is 2. The van der Waals surface area contributed by atoms with Crippen molar-refractivity contribution in [2.75, 3.05) is 58.3 Å². The van der Waals surface area contributed by atoms with E-state index in [0.29, 0.717) is 10.5 Å². The molecule has 0 radical (unpaired) electrons. The van der Waals surface area contributed by atoms with Gasteiger partial charge >= 0.3 is 5.97 Å². The molecule has 0 aliphatic carbocycles. The molecule has 4 rings (SSSR count). The molecule has 109 heavy (non-hydrogen) atoms. The number of fused-ring (bicyclic) bond motifs is 1. The van der Waals surface area contributed by atoms with Crippen molar-refractivity contribution in [1.82, 2.24) is 84.7 Å². The van der Waals surface area contributed by atoms with Crippen molar-refractivity contribution < 1.29 is 112 Å². The summed E-state index contributed by atoms with van der Waals surface area (Å²) in [7, 11) is 0. The number of carboxylic acids is 1. The first-order valence-electron chi connectivity index (χ1n) is 34.5. The Labute approximate surface area is 628 Å². The van der Waals surface area contributed by atoms with Crippen molar-refractivity contribution in [3.8, 4) is 5.75 Å². The lowest BCUT2D eigenvalue weighted by molar-refractivity contribution is -0.144. The van der Waals surface area contributed by atoms with Crippen molar-refractivity contribution in [1.29, 1.82) is 0 Å². The second-order valence-electron chi connectivity index (χ2n) is 25.7. The van der Waals surface area contributed by atoms with Crippen LogP contribution >= 0.6 is 11.8 Å². The summed E-state index contributed by atoms with van der Waals surface area (Å²) in [4.78, 5) is 237. The fraction of sp³-hybridized carbons (Fsp3) is 0.545. The van der Waals surface area contributed by atoms with Gasteiger partial charge in [0.1, 0.15) is 84.3 Å². The van der Waals surface area contributed by atoms with Gasteiger partial charge in [-0.25, -0.2) is 0 Å². The number of guanidine groups is 1. The van der Waals surface area contributed by atoms with E-state index in [1.165, 1.54) is 52.0 Å². The fourth-order valence-electron chi connectivity index (χ4n) is 10.5. The molecule has 0 unspecified atom stereocenters. The van der Waals surface area contributed by atoms with Gasteiger partial charge in [-0.05, 0) is 89.1 Å². The minimum Gasteiger partial charge on any atom is -0.508 e. The van der Waals surface area contributed by atoms with Crippen LogP contribution in [-0.4, -0.2) is 285 Å². The van der Waals surface area contributed by atoms with Gasteiger partial charge < -0.3 is 127 Å². The lowest BCUT2D eigenvalue weighted by Crippen LogP contribution is -2.61. The van der Waals surface area contributed by atoms with E-state index in [4.69, 9.17) is 11.5 Å². The molecule has 16 amide bonds. The molecule has 0 bridgehead atoms. The number of hydrogen-bond donors (Lipinski definition) is 23. The van der Waals surface area contributed by atoms with Crippen LogP contribution in [0.5, 0.6) is 5.75 Å². The summed E-state index contributed by atoms with van der Waals surface area (Å²) in [6.45, 7) is 1.23. The van der Waals surface area contributed by atoms with Gasteiger partial charge in [0, 0.05) is 30.2 Å². The van der Waals surface area contributed by atoms with Gasteiger partial charge in [0.2, 0.25) is 94.5 Å². The smallest absolute Gasteiger partial charge is 0.305 e.